The van der Waals surface area contributed by atoms with Crippen LogP contribution in [0.2, 0.25) is 0 Å². The standard InChI is InChI=1S/C28H30FN3O2/c1-30-24-16-13-21(18-23(24)29)27-26(20-11-14-22(34-3)15-12-20)28(33)32(2)25(31-27)17-10-19-8-6-4-5-7-9-19/h11-16,18-19H,4-10,17H2,2-3H3. The minimum absolute atomic E-state index is 0.0489. The van der Waals surface area contributed by atoms with Gasteiger partial charge in [0.2, 0.25) is 5.69 Å². The van der Waals surface area contributed by atoms with Crippen molar-refractivity contribution in [2.45, 2.75) is 51.4 Å². The minimum Gasteiger partial charge on any atom is -0.497 e. The molecule has 1 heterocycles. The summed E-state index contributed by atoms with van der Waals surface area (Å²) in [5, 5.41) is 0. The molecule has 34 heavy (non-hydrogen) atoms. The van der Waals surface area contributed by atoms with Gasteiger partial charge in [0.15, 0.2) is 0 Å². The van der Waals surface area contributed by atoms with Crippen molar-refractivity contribution >= 4 is 5.69 Å². The van der Waals surface area contributed by atoms with Crippen LogP contribution in [0.1, 0.15) is 50.8 Å². The first-order valence-electron chi connectivity index (χ1n) is 11.9. The van der Waals surface area contributed by atoms with E-state index in [1.54, 1.807) is 36.9 Å². The van der Waals surface area contributed by atoms with Crippen LogP contribution in [0.3, 0.4) is 0 Å². The summed E-state index contributed by atoms with van der Waals surface area (Å²) in [5.41, 5.74) is 1.82. The van der Waals surface area contributed by atoms with Gasteiger partial charge in [-0.2, -0.15) is 0 Å². The third kappa shape index (κ3) is 5.04. The maximum atomic E-state index is 14.5. The van der Waals surface area contributed by atoms with Gasteiger partial charge >= 0.3 is 0 Å². The molecule has 0 aliphatic heterocycles. The van der Waals surface area contributed by atoms with Gasteiger partial charge in [0.25, 0.3) is 5.56 Å². The normalized spacial score (nSPS) is 14.4. The monoisotopic (exact) mass is 459 g/mol. The van der Waals surface area contributed by atoms with Crippen LogP contribution >= 0.6 is 0 Å². The smallest absolute Gasteiger partial charge is 0.261 e. The SMILES string of the molecule is [C-]#[N+]c1ccc(-c2nc(CCC3CCCCCC3)n(C)c(=O)c2-c2ccc(OC)cc2)cc1F. The van der Waals surface area contributed by atoms with E-state index in [2.05, 4.69) is 4.85 Å². The number of nitrogens with zero attached hydrogens (tertiary/aromatic N) is 3. The first-order chi connectivity index (χ1) is 16.5. The zero-order valence-electron chi connectivity index (χ0n) is 19.8. The van der Waals surface area contributed by atoms with E-state index in [0.29, 0.717) is 46.3 Å². The van der Waals surface area contributed by atoms with Crippen LogP contribution in [0, 0.1) is 18.3 Å². The molecule has 4 rings (SSSR count). The molecule has 3 aromatic rings. The van der Waals surface area contributed by atoms with Crippen LogP contribution < -0.4 is 10.3 Å². The van der Waals surface area contributed by atoms with Crippen LogP contribution in [0.4, 0.5) is 10.1 Å². The molecule has 0 saturated heterocycles. The van der Waals surface area contributed by atoms with Crippen LogP contribution in [0.15, 0.2) is 47.3 Å². The van der Waals surface area contributed by atoms with Crippen LogP contribution in [0.5, 0.6) is 5.75 Å². The van der Waals surface area contributed by atoms with Gasteiger partial charge in [-0.3, -0.25) is 9.36 Å². The van der Waals surface area contributed by atoms with Gasteiger partial charge in [-0.1, -0.05) is 62.8 Å². The number of aromatic nitrogens is 2. The van der Waals surface area contributed by atoms with Crippen molar-refractivity contribution in [3.63, 3.8) is 0 Å². The van der Waals surface area contributed by atoms with Gasteiger partial charge < -0.3 is 4.74 Å². The third-order valence-corrected chi connectivity index (χ3v) is 6.85. The molecule has 0 bridgehead atoms. The largest absolute Gasteiger partial charge is 0.497 e. The molecule has 0 spiro atoms. The predicted molar refractivity (Wildman–Crippen MR) is 133 cm³/mol. The van der Waals surface area contributed by atoms with E-state index in [1.807, 2.05) is 12.1 Å². The summed E-state index contributed by atoms with van der Waals surface area (Å²) in [5.74, 6) is 1.42. The number of ether oxygens (including phenoxy) is 1. The van der Waals surface area contributed by atoms with Crippen molar-refractivity contribution in [1.82, 2.24) is 9.55 Å². The molecule has 0 unspecified atom stereocenters. The second-order valence-corrected chi connectivity index (χ2v) is 9.02. The number of aryl methyl sites for hydroxylation is 1. The highest BCUT2D eigenvalue weighted by molar-refractivity contribution is 5.81. The summed E-state index contributed by atoms with van der Waals surface area (Å²) in [6.07, 6.45) is 9.31. The van der Waals surface area contributed by atoms with E-state index in [4.69, 9.17) is 16.3 Å². The Labute approximate surface area is 200 Å². The lowest BCUT2D eigenvalue weighted by molar-refractivity contribution is 0.415. The Morgan fingerprint density at radius 1 is 1.09 bits per heavy atom. The van der Waals surface area contributed by atoms with Crippen molar-refractivity contribution < 1.29 is 9.13 Å². The van der Waals surface area contributed by atoms with Crippen LogP contribution in [0.25, 0.3) is 27.2 Å². The lowest BCUT2D eigenvalue weighted by Crippen LogP contribution is -2.25. The molecule has 2 aromatic carbocycles. The van der Waals surface area contributed by atoms with Crippen LogP contribution in [-0.4, -0.2) is 16.7 Å². The fourth-order valence-electron chi connectivity index (χ4n) is 4.83. The third-order valence-electron chi connectivity index (χ3n) is 6.85. The van der Waals surface area contributed by atoms with Crippen molar-refractivity contribution in [1.29, 1.82) is 0 Å². The summed E-state index contributed by atoms with van der Waals surface area (Å²) in [6, 6.07) is 11.6. The average Bonchev–Trinajstić information content (AvgIpc) is 3.14. The lowest BCUT2D eigenvalue weighted by atomic mass is 9.94. The molecule has 1 saturated carbocycles. The predicted octanol–water partition coefficient (Wildman–Crippen LogP) is 6.72. The quantitative estimate of drug-likeness (QED) is 0.304. The van der Waals surface area contributed by atoms with Gasteiger partial charge in [-0.15, -0.1) is 0 Å². The molecule has 1 aliphatic carbocycles. The first-order valence-corrected chi connectivity index (χ1v) is 11.9. The topological polar surface area (TPSA) is 48.5 Å². The lowest BCUT2D eigenvalue weighted by Gasteiger charge is -2.18. The van der Waals surface area contributed by atoms with Gasteiger partial charge in [-0.05, 0) is 36.1 Å². The molecule has 1 aromatic heterocycles. The van der Waals surface area contributed by atoms with E-state index in [1.165, 1.54) is 50.7 Å². The number of hydrogen-bond acceptors (Lipinski definition) is 3. The molecule has 1 fully saturated rings. The summed E-state index contributed by atoms with van der Waals surface area (Å²) in [7, 11) is 3.35. The van der Waals surface area contributed by atoms with Crippen molar-refractivity contribution in [3.8, 4) is 28.1 Å². The number of methoxy groups -OCH3 is 1. The highest BCUT2D eigenvalue weighted by atomic mass is 19.1. The van der Waals surface area contributed by atoms with E-state index >= 15 is 0 Å². The Morgan fingerprint density at radius 2 is 1.76 bits per heavy atom. The Balaban J connectivity index is 1.80. The number of benzene rings is 2. The van der Waals surface area contributed by atoms with E-state index in [-0.39, 0.29) is 11.2 Å². The molecule has 6 heteroatoms. The van der Waals surface area contributed by atoms with Crippen molar-refractivity contribution in [3.05, 3.63) is 75.9 Å². The Bertz CT molecular complexity index is 1250. The summed E-state index contributed by atoms with van der Waals surface area (Å²) in [6.45, 7) is 7.14. The number of rotatable bonds is 6. The van der Waals surface area contributed by atoms with Gasteiger partial charge in [0, 0.05) is 19.0 Å². The molecule has 0 atom stereocenters. The van der Waals surface area contributed by atoms with Gasteiger partial charge in [0.05, 0.1) is 24.9 Å². The molecule has 176 valence electrons. The Hall–Kier alpha value is -3.46. The van der Waals surface area contributed by atoms with E-state index in [0.717, 1.165) is 6.42 Å². The molecular weight excluding hydrogens is 429 g/mol. The first kappa shape index (κ1) is 23.7. The molecule has 5 nitrogen and oxygen atoms in total. The second-order valence-electron chi connectivity index (χ2n) is 9.02. The number of hydrogen-bond donors (Lipinski definition) is 0. The molecular formula is C28H30FN3O2. The highest BCUT2D eigenvalue weighted by Crippen LogP contribution is 2.32. The van der Waals surface area contributed by atoms with Crippen molar-refractivity contribution in [2.75, 3.05) is 7.11 Å². The Kier molecular flexibility index (Phi) is 7.42. The van der Waals surface area contributed by atoms with Crippen molar-refractivity contribution in [2.24, 2.45) is 13.0 Å². The molecule has 0 amide bonds. The summed E-state index contributed by atoms with van der Waals surface area (Å²) in [4.78, 5) is 21.7. The highest BCUT2D eigenvalue weighted by Gasteiger charge is 2.20. The molecule has 0 radical (unpaired) electrons. The molecule has 1 aliphatic rings. The fourth-order valence-corrected chi connectivity index (χ4v) is 4.83. The average molecular weight is 460 g/mol. The minimum atomic E-state index is -0.615. The van der Waals surface area contributed by atoms with Gasteiger partial charge in [-0.25, -0.2) is 14.2 Å². The fraction of sp³-hybridized carbons (Fsp3) is 0.393. The summed E-state index contributed by atoms with van der Waals surface area (Å²) < 4.78 is 21.4. The second kappa shape index (κ2) is 10.6. The molecule has 0 N–H and O–H groups in total. The Morgan fingerprint density at radius 3 is 2.38 bits per heavy atom. The number of halogens is 1. The zero-order chi connectivity index (χ0) is 24.1. The summed E-state index contributed by atoms with van der Waals surface area (Å²) >= 11 is 0. The van der Waals surface area contributed by atoms with E-state index in [9.17, 15) is 9.18 Å². The zero-order valence-corrected chi connectivity index (χ0v) is 19.8. The van der Waals surface area contributed by atoms with E-state index < -0.39 is 5.82 Å². The van der Waals surface area contributed by atoms with Crippen LogP contribution in [-0.2, 0) is 13.5 Å². The van der Waals surface area contributed by atoms with Gasteiger partial charge in [0.1, 0.15) is 17.4 Å². The maximum absolute atomic E-state index is 14.5. The maximum Gasteiger partial charge on any atom is 0.261 e.